The van der Waals surface area contributed by atoms with E-state index in [0.717, 1.165) is 5.56 Å². The first-order valence-electron chi connectivity index (χ1n) is 5.79. The Morgan fingerprint density at radius 1 is 1.35 bits per heavy atom. The third-order valence-corrected chi connectivity index (χ3v) is 2.76. The Balaban J connectivity index is 2.09. The van der Waals surface area contributed by atoms with Gasteiger partial charge in [-0.2, -0.15) is 15.1 Å². The molecule has 0 radical (unpaired) electrons. The van der Waals surface area contributed by atoms with Crippen LogP contribution in [0.3, 0.4) is 0 Å². The second kappa shape index (κ2) is 4.74. The summed E-state index contributed by atoms with van der Waals surface area (Å²) in [5, 5.41) is 7.14. The monoisotopic (exact) mass is 274 g/mol. The largest absolute Gasteiger partial charge is 0.438 e. The van der Waals surface area contributed by atoms with E-state index < -0.39 is 0 Å². The predicted octanol–water partition coefficient (Wildman–Crippen LogP) is 1.88. The van der Waals surface area contributed by atoms with Gasteiger partial charge in [0.15, 0.2) is 5.65 Å². The van der Waals surface area contributed by atoms with Gasteiger partial charge in [0.25, 0.3) is 0 Å². The molecular formula is C12H11FN6O. The van der Waals surface area contributed by atoms with Gasteiger partial charge in [0, 0.05) is 6.07 Å². The maximum Gasteiger partial charge on any atom is 0.242 e. The molecule has 1 aromatic carbocycles. The van der Waals surface area contributed by atoms with Crippen LogP contribution in [0.25, 0.3) is 11.0 Å². The lowest BCUT2D eigenvalue weighted by Crippen LogP contribution is -2.11. The first-order chi connectivity index (χ1) is 9.67. The highest BCUT2D eigenvalue weighted by molar-refractivity contribution is 5.80. The Bertz CT molecular complexity index is 772. The lowest BCUT2D eigenvalue weighted by molar-refractivity contribution is 0.460. The number of anilines is 1. The van der Waals surface area contributed by atoms with Crippen LogP contribution in [0.15, 0.2) is 24.4 Å². The van der Waals surface area contributed by atoms with Crippen molar-refractivity contribution < 1.29 is 9.13 Å². The molecule has 0 saturated carbocycles. The van der Waals surface area contributed by atoms with Crippen molar-refractivity contribution in [2.75, 3.05) is 5.43 Å². The fraction of sp³-hybridized carbons (Fsp3) is 0.0833. The van der Waals surface area contributed by atoms with E-state index in [1.807, 2.05) is 6.92 Å². The lowest BCUT2D eigenvalue weighted by atomic mass is 10.2. The zero-order valence-corrected chi connectivity index (χ0v) is 10.5. The van der Waals surface area contributed by atoms with Crippen LogP contribution < -0.4 is 16.0 Å². The van der Waals surface area contributed by atoms with E-state index in [2.05, 4.69) is 25.6 Å². The minimum absolute atomic E-state index is 0.172. The topological polar surface area (TPSA) is 102 Å². The number of rotatable bonds is 3. The second-order valence-corrected chi connectivity index (χ2v) is 4.14. The van der Waals surface area contributed by atoms with Crippen LogP contribution >= 0.6 is 0 Å². The number of H-pyrrole nitrogens is 1. The molecule has 0 saturated heterocycles. The molecule has 4 N–H and O–H groups in total. The molecule has 0 aliphatic heterocycles. The van der Waals surface area contributed by atoms with Gasteiger partial charge in [-0.05, 0) is 18.6 Å². The molecule has 0 unspecified atom stereocenters. The van der Waals surface area contributed by atoms with Gasteiger partial charge in [-0.1, -0.05) is 6.07 Å². The maximum atomic E-state index is 13.3. The third-order valence-electron chi connectivity index (χ3n) is 2.76. The number of nitrogen functional groups attached to an aromatic ring is 1. The maximum absolute atomic E-state index is 13.3. The summed E-state index contributed by atoms with van der Waals surface area (Å²) in [5.41, 5.74) is 3.59. The van der Waals surface area contributed by atoms with Crippen LogP contribution in [0.2, 0.25) is 0 Å². The van der Waals surface area contributed by atoms with Gasteiger partial charge >= 0.3 is 0 Å². The van der Waals surface area contributed by atoms with Crippen molar-refractivity contribution in [2.45, 2.75) is 6.92 Å². The average molecular weight is 274 g/mol. The molecule has 7 nitrogen and oxygen atoms in total. The summed E-state index contributed by atoms with van der Waals surface area (Å²) < 4.78 is 18.9. The summed E-state index contributed by atoms with van der Waals surface area (Å²) in [6.45, 7) is 1.81. The fourth-order valence-corrected chi connectivity index (χ4v) is 1.74. The highest BCUT2D eigenvalue weighted by Crippen LogP contribution is 2.29. The van der Waals surface area contributed by atoms with Crippen molar-refractivity contribution in [3.63, 3.8) is 0 Å². The summed E-state index contributed by atoms with van der Waals surface area (Å²) in [6, 6.07) is 4.28. The van der Waals surface area contributed by atoms with Gasteiger partial charge in [-0.3, -0.25) is 10.5 Å². The standard InChI is InChI=1S/C12H11FN6O/c1-6-2-3-7(13)4-9(6)20-11-8-5-15-19-10(8)16-12(17-11)18-14/h2-5H,14H2,1H3,(H2,15,16,17,18,19). The van der Waals surface area contributed by atoms with Crippen LogP contribution in [-0.4, -0.2) is 20.2 Å². The molecule has 0 aliphatic rings. The smallest absolute Gasteiger partial charge is 0.242 e. The molecule has 0 amide bonds. The number of fused-ring (bicyclic) bond motifs is 1. The van der Waals surface area contributed by atoms with Crippen LogP contribution in [0.5, 0.6) is 11.6 Å². The van der Waals surface area contributed by atoms with Gasteiger partial charge in [0.1, 0.15) is 17.0 Å². The second-order valence-electron chi connectivity index (χ2n) is 4.14. The Hall–Kier alpha value is -2.74. The van der Waals surface area contributed by atoms with Gasteiger partial charge in [-0.15, -0.1) is 0 Å². The van der Waals surface area contributed by atoms with Crippen LogP contribution in [0.4, 0.5) is 10.3 Å². The Kier molecular flexibility index (Phi) is 2.92. The molecule has 0 atom stereocenters. The zero-order chi connectivity index (χ0) is 14.1. The number of hydrogen-bond donors (Lipinski definition) is 3. The van der Waals surface area contributed by atoms with Crippen LogP contribution in [0.1, 0.15) is 5.56 Å². The quantitative estimate of drug-likeness (QED) is 0.498. The zero-order valence-electron chi connectivity index (χ0n) is 10.5. The summed E-state index contributed by atoms with van der Waals surface area (Å²) in [4.78, 5) is 8.18. The van der Waals surface area contributed by atoms with Crippen molar-refractivity contribution in [3.8, 4) is 11.6 Å². The van der Waals surface area contributed by atoms with Gasteiger partial charge in [-0.25, -0.2) is 10.2 Å². The Morgan fingerprint density at radius 3 is 3.00 bits per heavy atom. The number of hydrogen-bond acceptors (Lipinski definition) is 6. The van der Waals surface area contributed by atoms with E-state index >= 15 is 0 Å². The molecule has 2 heterocycles. The Morgan fingerprint density at radius 2 is 2.20 bits per heavy atom. The van der Waals surface area contributed by atoms with E-state index in [-0.39, 0.29) is 17.6 Å². The minimum atomic E-state index is -0.389. The van der Waals surface area contributed by atoms with Crippen molar-refractivity contribution in [2.24, 2.45) is 5.84 Å². The number of aromatic amines is 1. The number of halogens is 1. The number of nitrogens with one attached hydrogen (secondary N) is 2. The van der Waals surface area contributed by atoms with E-state index in [0.29, 0.717) is 16.8 Å². The number of ether oxygens (including phenoxy) is 1. The molecule has 20 heavy (non-hydrogen) atoms. The molecule has 3 rings (SSSR count). The summed E-state index contributed by atoms with van der Waals surface area (Å²) in [7, 11) is 0. The first kappa shape index (κ1) is 12.3. The number of nitrogens with two attached hydrogens (primary N) is 1. The van der Waals surface area contributed by atoms with Gasteiger partial charge < -0.3 is 4.74 Å². The van der Waals surface area contributed by atoms with Crippen LogP contribution in [0, 0.1) is 12.7 Å². The number of nitrogens with zero attached hydrogens (tertiary/aromatic N) is 3. The third kappa shape index (κ3) is 2.12. The molecule has 8 heteroatoms. The molecular weight excluding hydrogens is 263 g/mol. The van der Waals surface area contributed by atoms with E-state index in [1.165, 1.54) is 18.3 Å². The van der Waals surface area contributed by atoms with Crippen molar-refractivity contribution in [3.05, 3.63) is 35.8 Å². The predicted molar refractivity (Wildman–Crippen MR) is 70.7 cm³/mol. The molecule has 3 aromatic rings. The first-order valence-corrected chi connectivity index (χ1v) is 5.79. The average Bonchev–Trinajstić information content (AvgIpc) is 2.91. The van der Waals surface area contributed by atoms with Gasteiger partial charge in [0.2, 0.25) is 11.8 Å². The van der Waals surface area contributed by atoms with Crippen molar-refractivity contribution >= 4 is 17.0 Å². The van der Waals surface area contributed by atoms with E-state index in [4.69, 9.17) is 10.6 Å². The summed E-state index contributed by atoms with van der Waals surface area (Å²) in [5.74, 6) is 5.70. The highest BCUT2D eigenvalue weighted by atomic mass is 19.1. The fourth-order valence-electron chi connectivity index (χ4n) is 1.74. The molecule has 102 valence electrons. The summed E-state index contributed by atoms with van der Waals surface area (Å²) >= 11 is 0. The highest BCUT2D eigenvalue weighted by Gasteiger charge is 2.12. The molecule has 0 fully saturated rings. The van der Waals surface area contributed by atoms with E-state index in [9.17, 15) is 4.39 Å². The van der Waals surface area contributed by atoms with Crippen LogP contribution in [-0.2, 0) is 0 Å². The normalized spacial score (nSPS) is 10.8. The number of aryl methyl sites for hydroxylation is 1. The Labute approximate surface area is 113 Å². The van der Waals surface area contributed by atoms with Crippen molar-refractivity contribution in [1.82, 2.24) is 20.2 Å². The van der Waals surface area contributed by atoms with Gasteiger partial charge in [0.05, 0.1) is 6.20 Å². The molecule has 2 aromatic heterocycles. The van der Waals surface area contributed by atoms with E-state index in [1.54, 1.807) is 6.07 Å². The molecule has 0 spiro atoms. The number of hydrazine groups is 1. The number of aromatic nitrogens is 4. The summed E-state index contributed by atoms with van der Waals surface area (Å²) in [6.07, 6.45) is 1.53. The van der Waals surface area contributed by atoms with Crippen molar-refractivity contribution in [1.29, 1.82) is 0 Å². The number of benzene rings is 1. The molecule has 0 aliphatic carbocycles. The minimum Gasteiger partial charge on any atom is -0.438 e. The SMILES string of the molecule is Cc1ccc(F)cc1Oc1nc(NN)nc2[nH]ncc12. The lowest BCUT2D eigenvalue weighted by Gasteiger charge is -2.09. The molecule has 0 bridgehead atoms.